The molecular weight excluding hydrogens is 371 g/mol. The summed E-state index contributed by atoms with van der Waals surface area (Å²) in [5, 5.41) is 0. The smallest absolute Gasteiger partial charge is 0.327 e. The summed E-state index contributed by atoms with van der Waals surface area (Å²) in [5.74, 6) is -2.00. The molecule has 0 saturated carbocycles. The van der Waals surface area contributed by atoms with Gasteiger partial charge in [-0.1, -0.05) is 12.1 Å². The number of anilines is 1. The maximum Gasteiger partial charge on any atom is 0.327 e. The molecule has 0 radical (unpaired) electrons. The molecule has 1 aromatic rings. The fraction of sp³-hybridized carbons (Fsp3) is 0.444. The van der Waals surface area contributed by atoms with Crippen molar-refractivity contribution in [3.8, 4) is 0 Å². The van der Waals surface area contributed by atoms with Crippen LogP contribution in [0.3, 0.4) is 0 Å². The van der Waals surface area contributed by atoms with Crippen LogP contribution < -0.4 is 4.90 Å². The molecule has 28 heavy (non-hydrogen) atoms. The molecule has 2 fully saturated rings. The van der Waals surface area contributed by atoms with Gasteiger partial charge in [-0.2, -0.15) is 0 Å². The maximum atomic E-state index is 13.9. The van der Waals surface area contributed by atoms with Gasteiger partial charge in [0, 0.05) is 33.2 Å². The first-order valence-corrected chi connectivity index (χ1v) is 8.85. The zero-order valence-corrected chi connectivity index (χ0v) is 15.5. The van der Waals surface area contributed by atoms with Gasteiger partial charge in [-0.15, -0.1) is 0 Å². The van der Waals surface area contributed by atoms with E-state index in [9.17, 15) is 23.6 Å². The van der Waals surface area contributed by atoms with E-state index < -0.39 is 31.1 Å². The summed E-state index contributed by atoms with van der Waals surface area (Å²) in [7, 11) is 1.45. The third-order valence-electron chi connectivity index (χ3n) is 4.70. The van der Waals surface area contributed by atoms with Crippen molar-refractivity contribution in [3.05, 3.63) is 30.1 Å². The third-order valence-corrected chi connectivity index (χ3v) is 4.70. The molecule has 0 atom stereocenters. The normalized spacial score (nSPS) is 17.4. The fourth-order valence-corrected chi connectivity index (χ4v) is 3.14. The molecule has 10 heteroatoms. The van der Waals surface area contributed by atoms with E-state index in [1.807, 2.05) is 4.90 Å². The second kappa shape index (κ2) is 8.24. The lowest BCUT2D eigenvalue weighted by Crippen LogP contribution is -2.50. The average molecular weight is 392 g/mol. The molecule has 4 amide bonds. The van der Waals surface area contributed by atoms with E-state index in [1.165, 1.54) is 22.9 Å². The monoisotopic (exact) mass is 392 g/mol. The van der Waals surface area contributed by atoms with E-state index in [-0.39, 0.29) is 18.3 Å². The first kappa shape index (κ1) is 19.6. The van der Waals surface area contributed by atoms with Crippen molar-refractivity contribution < 1.29 is 28.3 Å². The van der Waals surface area contributed by atoms with Crippen LogP contribution in [-0.4, -0.2) is 91.4 Å². The lowest BCUT2D eigenvalue weighted by molar-refractivity contribution is -0.153. The predicted octanol–water partition coefficient (Wildman–Crippen LogP) is -0.0885. The molecular formula is C18H21FN4O5. The summed E-state index contributed by atoms with van der Waals surface area (Å²) in [6, 6.07) is 5.88. The number of carbonyl (C=O) groups is 4. The van der Waals surface area contributed by atoms with Crippen LogP contribution in [0.5, 0.6) is 0 Å². The van der Waals surface area contributed by atoms with Gasteiger partial charge in [-0.3, -0.25) is 19.3 Å². The first-order chi connectivity index (χ1) is 13.4. The average Bonchev–Trinajstić information content (AvgIpc) is 2.93. The molecule has 0 unspecified atom stereocenters. The topological polar surface area (TPSA) is 90.5 Å². The van der Waals surface area contributed by atoms with Crippen LogP contribution in [0.4, 0.5) is 14.9 Å². The number of halogens is 1. The van der Waals surface area contributed by atoms with E-state index in [1.54, 1.807) is 18.2 Å². The molecule has 0 aliphatic carbocycles. The number of urea groups is 1. The summed E-state index contributed by atoms with van der Waals surface area (Å²) in [6.45, 7) is 0.600. The largest absolute Gasteiger partial charge is 0.454 e. The van der Waals surface area contributed by atoms with Gasteiger partial charge >= 0.3 is 12.0 Å². The number of ether oxygens (including phenoxy) is 1. The van der Waals surface area contributed by atoms with Gasteiger partial charge in [-0.25, -0.2) is 9.18 Å². The first-order valence-electron chi connectivity index (χ1n) is 8.85. The molecule has 2 aliphatic heterocycles. The van der Waals surface area contributed by atoms with Gasteiger partial charge in [0.2, 0.25) is 0 Å². The van der Waals surface area contributed by atoms with Gasteiger partial charge in [0.1, 0.15) is 18.9 Å². The van der Waals surface area contributed by atoms with Gasteiger partial charge < -0.3 is 19.4 Å². The van der Waals surface area contributed by atoms with Gasteiger partial charge in [0.15, 0.2) is 6.61 Å². The van der Waals surface area contributed by atoms with Crippen LogP contribution >= 0.6 is 0 Å². The number of hydrogen-bond donors (Lipinski definition) is 0. The second-order valence-corrected chi connectivity index (χ2v) is 6.60. The van der Waals surface area contributed by atoms with Crippen molar-refractivity contribution in [3.63, 3.8) is 0 Å². The number of hydrogen-bond acceptors (Lipinski definition) is 6. The number of piperazine rings is 1. The Morgan fingerprint density at radius 3 is 2.39 bits per heavy atom. The Morgan fingerprint density at radius 2 is 1.79 bits per heavy atom. The van der Waals surface area contributed by atoms with E-state index in [0.29, 0.717) is 31.9 Å². The van der Waals surface area contributed by atoms with Crippen molar-refractivity contribution in [2.24, 2.45) is 0 Å². The number of amides is 4. The molecule has 0 spiro atoms. The Balaban J connectivity index is 1.43. The summed E-state index contributed by atoms with van der Waals surface area (Å²) < 4.78 is 18.8. The molecule has 0 N–H and O–H groups in total. The highest BCUT2D eigenvalue weighted by molar-refractivity contribution is 6.04. The highest BCUT2D eigenvalue weighted by atomic mass is 19.1. The van der Waals surface area contributed by atoms with Crippen molar-refractivity contribution >= 4 is 29.5 Å². The number of benzene rings is 1. The summed E-state index contributed by atoms with van der Waals surface area (Å²) in [5.41, 5.74) is 0.492. The van der Waals surface area contributed by atoms with Crippen molar-refractivity contribution in [2.75, 3.05) is 57.8 Å². The highest BCUT2D eigenvalue weighted by Crippen LogP contribution is 2.20. The summed E-state index contributed by atoms with van der Waals surface area (Å²) >= 11 is 0. The lowest BCUT2D eigenvalue weighted by atomic mass is 10.2. The fourth-order valence-electron chi connectivity index (χ4n) is 3.14. The van der Waals surface area contributed by atoms with Crippen molar-refractivity contribution in [1.82, 2.24) is 14.7 Å². The molecule has 1 aromatic carbocycles. The Morgan fingerprint density at radius 1 is 1.11 bits per heavy atom. The molecule has 0 bridgehead atoms. The third kappa shape index (κ3) is 4.21. The number of imide groups is 1. The molecule has 2 heterocycles. The maximum absolute atomic E-state index is 13.9. The SMILES string of the molecule is CN1CC(=O)N(CC(=O)OCC(=O)N2CCN(c3ccccc3F)CC2)C1=O. The van der Waals surface area contributed by atoms with E-state index in [4.69, 9.17) is 4.74 Å². The minimum absolute atomic E-state index is 0.0860. The zero-order valence-electron chi connectivity index (χ0n) is 15.5. The van der Waals surface area contributed by atoms with E-state index in [2.05, 4.69) is 0 Å². The molecule has 0 aromatic heterocycles. The van der Waals surface area contributed by atoms with Gasteiger partial charge in [0.25, 0.3) is 11.8 Å². The van der Waals surface area contributed by atoms with Crippen LogP contribution in [0.2, 0.25) is 0 Å². The number of rotatable bonds is 5. The number of likely N-dealkylation sites (N-methyl/N-ethyl adjacent to an activating group) is 1. The number of esters is 1. The quantitative estimate of drug-likeness (QED) is 0.514. The Labute approximate surface area is 161 Å². The zero-order chi connectivity index (χ0) is 20.3. The van der Waals surface area contributed by atoms with Crippen LogP contribution in [-0.2, 0) is 19.1 Å². The summed E-state index contributed by atoms with van der Waals surface area (Å²) in [6.07, 6.45) is 0. The molecule has 2 aliphatic rings. The van der Waals surface area contributed by atoms with E-state index >= 15 is 0 Å². The number of nitrogens with zero attached hydrogens (tertiary/aromatic N) is 4. The molecule has 3 rings (SSSR count). The highest BCUT2D eigenvalue weighted by Gasteiger charge is 2.35. The molecule has 9 nitrogen and oxygen atoms in total. The standard InChI is InChI=1S/C18H21FN4O5/c1-20-10-15(24)23(18(20)27)11-17(26)28-12-16(25)22-8-6-21(7-9-22)14-5-3-2-4-13(14)19/h2-5H,6-12H2,1H3. The van der Waals surface area contributed by atoms with Gasteiger partial charge in [0.05, 0.1) is 5.69 Å². The summed E-state index contributed by atoms with van der Waals surface area (Å²) in [4.78, 5) is 52.8. The Hall–Kier alpha value is -3.17. The van der Waals surface area contributed by atoms with Crippen molar-refractivity contribution in [1.29, 1.82) is 0 Å². The van der Waals surface area contributed by atoms with Crippen molar-refractivity contribution in [2.45, 2.75) is 0 Å². The molecule has 2 saturated heterocycles. The Kier molecular flexibility index (Phi) is 5.76. The predicted molar refractivity (Wildman–Crippen MR) is 95.9 cm³/mol. The van der Waals surface area contributed by atoms with E-state index in [0.717, 1.165) is 4.90 Å². The minimum Gasteiger partial charge on any atom is -0.454 e. The van der Waals surface area contributed by atoms with Crippen LogP contribution in [0.1, 0.15) is 0 Å². The van der Waals surface area contributed by atoms with Crippen LogP contribution in [0.25, 0.3) is 0 Å². The van der Waals surface area contributed by atoms with Crippen LogP contribution in [0, 0.1) is 5.82 Å². The Bertz CT molecular complexity index is 794. The van der Waals surface area contributed by atoms with Gasteiger partial charge in [-0.05, 0) is 12.1 Å². The lowest BCUT2D eigenvalue weighted by Gasteiger charge is -2.36. The molecule has 150 valence electrons. The number of carbonyl (C=O) groups excluding carboxylic acids is 4. The minimum atomic E-state index is -0.824. The number of para-hydroxylation sites is 1. The van der Waals surface area contributed by atoms with Crippen LogP contribution in [0.15, 0.2) is 24.3 Å². The second-order valence-electron chi connectivity index (χ2n) is 6.60.